The molecule has 1 aromatic rings. The highest BCUT2D eigenvalue weighted by atomic mass is 35.5. The van der Waals surface area contributed by atoms with E-state index in [1.807, 2.05) is 0 Å². The standard InChI is InChI=1S/C13H14ClNO3/c1-18-7-8-2-3-10(12(8)16)13(17)11-6-9(14)4-5-15-11/h4-6,8,10H,2-3,7H2,1H3. The molecule has 0 N–H and O–H groups in total. The van der Waals surface area contributed by atoms with E-state index in [-0.39, 0.29) is 23.2 Å². The zero-order valence-electron chi connectivity index (χ0n) is 10.1. The predicted octanol–water partition coefficient (Wildman–Crippen LogP) is 2.16. The molecule has 0 spiro atoms. The molecule has 4 nitrogen and oxygen atoms in total. The highest BCUT2D eigenvalue weighted by Gasteiger charge is 2.39. The maximum absolute atomic E-state index is 12.2. The first-order valence-corrected chi connectivity index (χ1v) is 6.19. The Bertz CT molecular complexity index is 475. The van der Waals surface area contributed by atoms with Crippen LogP contribution in [-0.4, -0.2) is 30.3 Å². The SMILES string of the molecule is COCC1CCC(C(=O)c2cc(Cl)ccn2)C1=O. The van der Waals surface area contributed by atoms with Gasteiger partial charge in [0.1, 0.15) is 11.5 Å². The number of Topliss-reactive ketones (excluding diaryl/α,β-unsaturated/α-hetero) is 2. The molecule has 0 aromatic carbocycles. The van der Waals surface area contributed by atoms with E-state index in [1.54, 1.807) is 13.2 Å². The highest BCUT2D eigenvalue weighted by Crippen LogP contribution is 2.30. The number of carbonyl (C=O) groups excluding carboxylic acids is 2. The van der Waals surface area contributed by atoms with Gasteiger partial charge in [-0.05, 0) is 25.0 Å². The Morgan fingerprint density at radius 3 is 3.00 bits per heavy atom. The van der Waals surface area contributed by atoms with Crippen LogP contribution < -0.4 is 0 Å². The number of hydrogen-bond acceptors (Lipinski definition) is 4. The van der Waals surface area contributed by atoms with Gasteiger partial charge in [0.25, 0.3) is 0 Å². The van der Waals surface area contributed by atoms with Gasteiger partial charge in [0.15, 0.2) is 5.78 Å². The third kappa shape index (κ3) is 2.60. The fourth-order valence-corrected chi connectivity index (χ4v) is 2.44. The van der Waals surface area contributed by atoms with Gasteiger partial charge in [0.05, 0.1) is 12.5 Å². The molecule has 2 rings (SSSR count). The van der Waals surface area contributed by atoms with Crippen LogP contribution in [0.4, 0.5) is 0 Å². The number of nitrogens with zero attached hydrogens (tertiary/aromatic N) is 1. The van der Waals surface area contributed by atoms with Crippen molar-refractivity contribution in [1.82, 2.24) is 4.98 Å². The zero-order chi connectivity index (χ0) is 13.1. The molecule has 5 heteroatoms. The van der Waals surface area contributed by atoms with Crippen LogP contribution in [0.25, 0.3) is 0 Å². The summed E-state index contributed by atoms with van der Waals surface area (Å²) >= 11 is 5.81. The first kappa shape index (κ1) is 13.2. The number of ketones is 2. The number of rotatable bonds is 4. The highest BCUT2D eigenvalue weighted by molar-refractivity contribution is 6.31. The number of halogens is 1. The van der Waals surface area contributed by atoms with Crippen LogP contribution in [0.5, 0.6) is 0 Å². The van der Waals surface area contributed by atoms with Crippen molar-refractivity contribution in [2.24, 2.45) is 11.8 Å². The van der Waals surface area contributed by atoms with Gasteiger partial charge in [0, 0.05) is 24.2 Å². The Labute approximate surface area is 110 Å². The van der Waals surface area contributed by atoms with Gasteiger partial charge in [-0.3, -0.25) is 14.6 Å². The van der Waals surface area contributed by atoms with Crippen LogP contribution in [0, 0.1) is 11.8 Å². The molecular formula is C13H14ClNO3. The monoisotopic (exact) mass is 267 g/mol. The molecule has 0 bridgehead atoms. The molecule has 1 fully saturated rings. The summed E-state index contributed by atoms with van der Waals surface area (Å²) in [6.45, 7) is 0.381. The first-order chi connectivity index (χ1) is 8.63. The lowest BCUT2D eigenvalue weighted by Crippen LogP contribution is -2.25. The summed E-state index contributed by atoms with van der Waals surface area (Å²) in [7, 11) is 1.56. The summed E-state index contributed by atoms with van der Waals surface area (Å²) in [5.74, 6) is -1.02. The molecule has 0 radical (unpaired) electrons. The van der Waals surface area contributed by atoms with E-state index >= 15 is 0 Å². The number of carbonyl (C=O) groups is 2. The van der Waals surface area contributed by atoms with E-state index in [0.29, 0.717) is 24.5 Å². The van der Waals surface area contributed by atoms with Gasteiger partial charge in [-0.25, -0.2) is 0 Å². The van der Waals surface area contributed by atoms with Crippen LogP contribution in [0.2, 0.25) is 5.02 Å². The van der Waals surface area contributed by atoms with Crippen molar-refractivity contribution < 1.29 is 14.3 Å². The molecular weight excluding hydrogens is 254 g/mol. The number of ether oxygens (including phenoxy) is 1. The number of methoxy groups -OCH3 is 1. The van der Waals surface area contributed by atoms with Crippen molar-refractivity contribution >= 4 is 23.2 Å². The summed E-state index contributed by atoms with van der Waals surface area (Å²) < 4.78 is 4.98. The lowest BCUT2D eigenvalue weighted by atomic mass is 9.97. The second kappa shape index (κ2) is 5.59. The van der Waals surface area contributed by atoms with Gasteiger partial charge in [-0.2, -0.15) is 0 Å². The van der Waals surface area contributed by atoms with Crippen LogP contribution in [0.3, 0.4) is 0 Å². The molecule has 2 unspecified atom stereocenters. The Balaban J connectivity index is 2.13. The Hall–Kier alpha value is -1.26. The smallest absolute Gasteiger partial charge is 0.191 e. The maximum atomic E-state index is 12.2. The minimum absolute atomic E-state index is 0.0383. The summed E-state index contributed by atoms with van der Waals surface area (Å²) in [5.41, 5.74) is 0.263. The van der Waals surface area contributed by atoms with Crippen LogP contribution >= 0.6 is 11.6 Å². The van der Waals surface area contributed by atoms with Crippen molar-refractivity contribution in [2.75, 3.05) is 13.7 Å². The average Bonchev–Trinajstić information content (AvgIpc) is 2.71. The Kier molecular flexibility index (Phi) is 4.09. The lowest BCUT2D eigenvalue weighted by molar-refractivity contribution is -0.124. The molecule has 18 heavy (non-hydrogen) atoms. The van der Waals surface area contributed by atoms with Gasteiger partial charge in [-0.15, -0.1) is 0 Å². The summed E-state index contributed by atoms with van der Waals surface area (Å²) in [4.78, 5) is 28.2. The van der Waals surface area contributed by atoms with E-state index in [4.69, 9.17) is 16.3 Å². The van der Waals surface area contributed by atoms with Crippen molar-refractivity contribution in [3.05, 3.63) is 29.0 Å². The molecule has 96 valence electrons. The Morgan fingerprint density at radius 1 is 1.56 bits per heavy atom. The molecule has 1 aliphatic rings. The summed E-state index contributed by atoms with van der Waals surface area (Å²) in [6, 6.07) is 3.10. The van der Waals surface area contributed by atoms with Gasteiger partial charge < -0.3 is 4.74 Å². The van der Waals surface area contributed by atoms with Crippen LogP contribution in [-0.2, 0) is 9.53 Å². The number of aromatic nitrogens is 1. The summed E-state index contributed by atoms with van der Waals surface area (Å²) in [6.07, 6.45) is 2.74. The first-order valence-electron chi connectivity index (χ1n) is 5.82. The lowest BCUT2D eigenvalue weighted by Gasteiger charge is -2.08. The van der Waals surface area contributed by atoms with Crippen molar-refractivity contribution in [1.29, 1.82) is 0 Å². The fraction of sp³-hybridized carbons (Fsp3) is 0.462. The molecule has 1 aliphatic carbocycles. The van der Waals surface area contributed by atoms with Gasteiger partial charge >= 0.3 is 0 Å². The zero-order valence-corrected chi connectivity index (χ0v) is 10.8. The maximum Gasteiger partial charge on any atom is 0.191 e. The minimum Gasteiger partial charge on any atom is -0.384 e. The molecule has 0 saturated heterocycles. The van der Waals surface area contributed by atoms with E-state index < -0.39 is 5.92 Å². The third-order valence-electron chi connectivity index (χ3n) is 3.21. The molecule has 1 saturated carbocycles. The third-order valence-corrected chi connectivity index (χ3v) is 3.44. The number of hydrogen-bond donors (Lipinski definition) is 0. The summed E-state index contributed by atoms with van der Waals surface area (Å²) in [5, 5.41) is 0.451. The van der Waals surface area contributed by atoms with E-state index in [1.165, 1.54) is 12.3 Å². The molecule has 2 atom stereocenters. The number of pyridine rings is 1. The van der Waals surface area contributed by atoms with Gasteiger partial charge in [-0.1, -0.05) is 11.6 Å². The predicted molar refractivity (Wildman–Crippen MR) is 66.7 cm³/mol. The minimum atomic E-state index is -0.587. The molecule has 0 amide bonds. The second-order valence-corrected chi connectivity index (χ2v) is 4.84. The van der Waals surface area contributed by atoms with Gasteiger partial charge in [0.2, 0.25) is 0 Å². The fourth-order valence-electron chi connectivity index (χ4n) is 2.28. The van der Waals surface area contributed by atoms with E-state index in [9.17, 15) is 9.59 Å². The van der Waals surface area contributed by atoms with Crippen molar-refractivity contribution in [2.45, 2.75) is 12.8 Å². The molecule has 1 aromatic heterocycles. The van der Waals surface area contributed by atoms with E-state index in [0.717, 1.165) is 0 Å². The van der Waals surface area contributed by atoms with Crippen molar-refractivity contribution in [3.63, 3.8) is 0 Å². The molecule has 1 heterocycles. The Morgan fingerprint density at radius 2 is 2.33 bits per heavy atom. The normalized spacial score (nSPS) is 23.3. The van der Waals surface area contributed by atoms with Crippen LogP contribution in [0.1, 0.15) is 23.3 Å². The topological polar surface area (TPSA) is 56.3 Å². The quantitative estimate of drug-likeness (QED) is 0.620. The largest absolute Gasteiger partial charge is 0.384 e. The van der Waals surface area contributed by atoms with E-state index in [2.05, 4.69) is 4.98 Å². The van der Waals surface area contributed by atoms with Crippen LogP contribution in [0.15, 0.2) is 18.3 Å². The average molecular weight is 268 g/mol. The molecule has 0 aliphatic heterocycles. The second-order valence-electron chi connectivity index (χ2n) is 4.41. The van der Waals surface area contributed by atoms with Crippen molar-refractivity contribution in [3.8, 4) is 0 Å².